The van der Waals surface area contributed by atoms with E-state index in [0.717, 1.165) is 0 Å². The van der Waals surface area contributed by atoms with Crippen molar-refractivity contribution in [3.63, 3.8) is 0 Å². The van der Waals surface area contributed by atoms with Crippen LogP contribution in [0.5, 0.6) is 5.88 Å². The fourth-order valence-electron chi connectivity index (χ4n) is 1.41. The van der Waals surface area contributed by atoms with E-state index >= 15 is 0 Å². The normalized spacial score (nSPS) is 14.0. The minimum absolute atomic E-state index is 0.132. The van der Waals surface area contributed by atoms with Gasteiger partial charge < -0.3 is 14.9 Å². The van der Waals surface area contributed by atoms with Gasteiger partial charge in [-0.15, -0.1) is 0 Å². The second kappa shape index (κ2) is 6.53. The van der Waals surface area contributed by atoms with Gasteiger partial charge in [0.1, 0.15) is 6.10 Å². The third kappa shape index (κ3) is 3.31. The van der Waals surface area contributed by atoms with E-state index < -0.39 is 17.1 Å². The molecular formula is C10H14N2O5S. The van der Waals surface area contributed by atoms with Gasteiger partial charge in [0.05, 0.1) is 18.1 Å². The summed E-state index contributed by atoms with van der Waals surface area (Å²) >= 11 is 3.92. The first-order valence-corrected chi connectivity index (χ1v) is 5.80. The molecule has 0 saturated carbocycles. The lowest BCUT2D eigenvalue weighted by atomic mass is 10.1. The fraction of sp³-hybridized carbons (Fsp3) is 0.500. The number of thiol groups is 1. The summed E-state index contributed by atoms with van der Waals surface area (Å²) in [7, 11) is 1.36. The Hall–Kier alpha value is -1.38. The van der Waals surface area contributed by atoms with Gasteiger partial charge in [-0.05, 0) is 12.2 Å². The molecular weight excluding hydrogens is 260 g/mol. The molecule has 2 N–H and O–H groups in total. The number of hydrogen-bond donors (Lipinski definition) is 3. The number of aliphatic hydroxyl groups excluding tert-OH is 2. The van der Waals surface area contributed by atoms with Gasteiger partial charge >= 0.3 is 0 Å². The molecule has 0 spiro atoms. The summed E-state index contributed by atoms with van der Waals surface area (Å²) in [6.07, 6.45) is -2.42. The van der Waals surface area contributed by atoms with Crippen LogP contribution in [0, 0.1) is 10.1 Å². The standard InChI is InChI=1S/C10H14N2O5S/c1-17-8-3-2-6(12(15)16)9(11-8)10(14)7(13)4-5-18/h2-3,7,10,13-14,18H,4-5H2,1H3. The van der Waals surface area contributed by atoms with E-state index in [1.165, 1.54) is 19.2 Å². The molecule has 1 rings (SSSR count). The van der Waals surface area contributed by atoms with E-state index in [2.05, 4.69) is 17.6 Å². The Morgan fingerprint density at radius 1 is 1.56 bits per heavy atom. The molecule has 0 bridgehead atoms. The molecule has 0 aliphatic carbocycles. The molecule has 1 aromatic rings. The molecule has 0 radical (unpaired) electrons. The SMILES string of the molecule is COc1ccc([N+](=O)[O-])c(C(O)C(O)CCS)n1. The first-order chi connectivity index (χ1) is 8.51. The van der Waals surface area contributed by atoms with Gasteiger partial charge in [-0.3, -0.25) is 10.1 Å². The highest BCUT2D eigenvalue weighted by Gasteiger charge is 2.28. The van der Waals surface area contributed by atoms with Gasteiger partial charge in [0.2, 0.25) is 5.88 Å². The zero-order valence-corrected chi connectivity index (χ0v) is 10.6. The Morgan fingerprint density at radius 2 is 2.22 bits per heavy atom. The first kappa shape index (κ1) is 14.7. The van der Waals surface area contributed by atoms with E-state index in [-0.39, 0.29) is 23.7 Å². The number of methoxy groups -OCH3 is 1. The van der Waals surface area contributed by atoms with Crippen LogP contribution in [0.1, 0.15) is 18.2 Å². The van der Waals surface area contributed by atoms with Gasteiger partial charge in [-0.25, -0.2) is 4.98 Å². The van der Waals surface area contributed by atoms with E-state index in [0.29, 0.717) is 5.75 Å². The van der Waals surface area contributed by atoms with Crippen molar-refractivity contribution < 1.29 is 19.9 Å². The van der Waals surface area contributed by atoms with Crippen molar-refractivity contribution in [2.45, 2.75) is 18.6 Å². The van der Waals surface area contributed by atoms with Crippen molar-refractivity contribution in [2.24, 2.45) is 0 Å². The molecule has 8 heteroatoms. The van der Waals surface area contributed by atoms with Crippen molar-refractivity contribution in [1.82, 2.24) is 4.98 Å². The molecule has 2 unspecified atom stereocenters. The topological polar surface area (TPSA) is 106 Å². The minimum Gasteiger partial charge on any atom is -0.481 e. The van der Waals surface area contributed by atoms with Crippen molar-refractivity contribution in [3.05, 3.63) is 27.9 Å². The number of hydrogen-bond acceptors (Lipinski definition) is 7. The lowest BCUT2D eigenvalue weighted by Crippen LogP contribution is -2.21. The molecule has 2 atom stereocenters. The lowest BCUT2D eigenvalue weighted by Gasteiger charge is -2.16. The molecule has 1 aromatic heterocycles. The van der Waals surface area contributed by atoms with E-state index in [1.807, 2.05) is 0 Å². The summed E-state index contributed by atoms with van der Waals surface area (Å²) in [4.78, 5) is 14.0. The number of rotatable bonds is 6. The van der Waals surface area contributed by atoms with E-state index in [9.17, 15) is 20.3 Å². The summed E-state index contributed by atoms with van der Waals surface area (Å²) in [5.41, 5.74) is -0.574. The highest BCUT2D eigenvalue weighted by Crippen LogP contribution is 2.28. The number of aromatic nitrogens is 1. The van der Waals surface area contributed by atoms with Gasteiger partial charge in [0, 0.05) is 12.1 Å². The molecule has 0 aliphatic heterocycles. The third-order valence-corrected chi connectivity index (χ3v) is 2.61. The summed E-state index contributed by atoms with van der Waals surface area (Å²) in [5.74, 6) is 0.475. The highest BCUT2D eigenvalue weighted by atomic mass is 32.1. The van der Waals surface area contributed by atoms with Crippen LogP contribution < -0.4 is 4.74 Å². The van der Waals surface area contributed by atoms with Crippen molar-refractivity contribution in [2.75, 3.05) is 12.9 Å². The van der Waals surface area contributed by atoms with E-state index in [4.69, 9.17) is 4.74 Å². The summed E-state index contributed by atoms with van der Waals surface area (Å²) in [6.45, 7) is 0. The number of pyridine rings is 1. The van der Waals surface area contributed by atoms with Crippen molar-refractivity contribution in [1.29, 1.82) is 0 Å². The second-order valence-corrected chi connectivity index (χ2v) is 3.99. The number of nitrogens with zero attached hydrogens (tertiary/aromatic N) is 2. The summed E-state index contributed by atoms with van der Waals surface area (Å²) < 4.78 is 4.84. The monoisotopic (exact) mass is 274 g/mol. The van der Waals surface area contributed by atoms with Gasteiger partial charge in [0.15, 0.2) is 5.69 Å². The predicted octanol–water partition coefficient (Wildman–Crippen LogP) is 0.713. The van der Waals surface area contributed by atoms with Crippen molar-refractivity contribution in [3.8, 4) is 5.88 Å². The minimum atomic E-state index is -1.45. The maximum absolute atomic E-state index is 10.8. The number of ether oxygens (including phenoxy) is 1. The van der Waals surface area contributed by atoms with Crippen LogP contribution in [-0.2, 0) is 0 Å². The average Bonchev–Trinajstić information content (AvgIpc) is 2.37. The van der Waals surface area contributed by atoms with Crippen LogP contribution in [0.25, 0.3) is 0 Å². The molecule has 0 aliphatic rings. The lowest BCUT2D eigenvalue weighted by molar-refractivity contribution is -0.386. The maximum Gasteiger partial charge on any atom is 0.293 e. The van der Waals surface area contributed by atoms with Crippen LogP contribution in [-0.4, -0.2) is 39.1 Å². The van der Waals surface area contributed by atoms with Crippen LogP contribution in [0.3, 0.4) is 0 Å². The Balaban J connectivity index is 3.14. The molecule has 100 valence electrons. The zero-order valence-electron chi connectivity index (χ0n) is 9.68. The van der Waals surface area contributed by atoms with Gasteiger partial charge in [-0.1, -0.05) is 0 Å². The maximum atomic E-state index is 10.8. The van der Waals surface area contributed by atoms with Crippen LogP contribution in [0.4, 0.5) is 5.69 Å². The molecule has 0 fully saturated rings. The van der Waals surface area contributed by atoms with Gasteiger partial charge in [0.25, 0.3) is 5.69 Å². The fourth-order valence-corrected chi connectivity index (χ4v) is 1.67. The quantitative estimate of drug-likeness (QED) is 0.401. The van der Waals surface area contributed by atoms with Crippen LogP contribution >= 0.6 is 12.6 Å². The van der Waals surface area contributed by atoms with Crippen molar-refractivity contribution >= 4 is 18.3 Å². The second-order valence-electron chi connectivity index (χ2n) is 3.54. The molecule has 0 saturated heterocycles. The summed E-state index contributed by atoms with van der Waals surface area (Å²) in [5, 5.41) is 30.3. The van der Waals surface area contributed by atoms with E-state index in [1.54, 1.807) is 0 Å². The van der Waals surface area contributed by atoms with Crippen LogP contribution in [0.2, 0.25) is 0 Å². The predicted molar refractivity (Wildman–Crippen MR) is 66.9 cm³/mol. The number of nitro groups is 1. The largest absolute Gasteiger partial charge is 0.481 e. The molecule has 0 amide bonds. The Bertz CT molecular complexity index is 429. The Morgan fingerprint density at radius 3 is 2.72 bits per heavy atom. The smallest absolute Gasteiger partial charge is 0.293 e. The Labute approximate surface area is 109 Å². The average molecular weight is 274 g/mol. The molecule has 18 heavy (non-hydrogen) atoms. The summed E-state index contributed by atoms with van der Waals surface area (Å²) in [6, 6.07) is 2.50. The van der Waals surface area contributed by atoms with Crippen LogP contribution in [0.15, 0.2) is 12.1 Å². The Kier molecular flexibility index (Phi) is 5.32. The molecule has 7 nitrogen and oxygen atoms in total. The highest BCUT2D eigenvalue weighted by molar-refractivity contribution is 7.80. The first-order valence-electron chi connectivity index (χ1n) is 5.17. The van der Waals surface area contributed by atoms with Gasteiger partial charge in [-0.2, -0.15) is 12.6 Å². The zero-order chi connectivity index (χ0) is 13.7. The number of aliphatic hydroxyl groups is 2. The third-order valence-electron chi connectivity index (χ3n) is 2.35. The molecule has 0 aromatic carbocycles. The molecule has 1 heterocycles.